The normalized spacial score (nSPS) is 21.0. The maximum Gasteiger partial charge on any atom is 0.229 e. The Morgan fingerprint density at radius 3 is 1.87 bits per heavy atom. The van der Waals surface area contributed by atoms with Crippen LogP contribution in [0.25, 0.3) is 16.5 Å². The highest BCUT2D eigenvalue weighted by Gasteiger charge is 2.36. The number of nitrogens with zero attached hydrogens (tertiary/aromatic N) is 2. The summed E-state index contributed by atoms with van der Waals surface area (Å²) in [5, 5.41) is 1.28. The summed E-state index contributed by atoms with van der Waals surface area (Å²) < 4.78 is 0. The molecule has 52 heavy (non-hydrogen) atoms. The number of benzene rings is 4. The van der Waals surface area contributed by atoms with Crippen molar-refractivity contribution < 1.29 is 19.2 Å². The zero-order valence-corrected chi connectivity index (χ0v) is 29.2. The molecule has 0 amide bonds. The minimum atomic E-state index is -0.286. The molecule has 10 rings (SSSR count). The second-order valence-electron chi connectivity index (χ2n) is 15.0. The number of allylic oxidation sites excluding steroid dienone is 1. The number of hydrogen-bond acceptors (Lipinski definition) is 6. The van der Waals surface area contributed by atoms with E-state index in [0.29, 0.717) is 23.0 Å². The van der Waals surface area contributed by atoms with Crippen molar-refractivity contribution in [2.45, 2.75) is 50.5 Å². The average Bonchev–Trinajstić information content (AvgIpc) is 4.03. The SMILES string of the molecule is O=C1Cc2cccc(C3CCN(CC4=CCc5ccccc54)C3)c2C1=O.O=C1Cc2cccc(C3CCN(Cc4c[nH]c5ccccc45)C3)c2C1=O. The fourth-order valence-corrected chi connectivity index (χ4v) is 9.26. The zero-order valence-electron chi connectivity index (χ0n) is 29.2. The van der Waals surface area contributed by atoms with E-state index < -0.39 is 0 Å². The van der Waals surface area contributed by atoms with Gasteiger partial charge in [0.1, 0.15) is 0 Å². The van der Waals surface area contributed by atoms with Crippen molar-refractivity contribution in [2.75, 3.05) is 32.7 Å². The molecule has 0 saturated carbocycles. The molecule has 7 heteroatoms. The molecule has 4 aromatic carbocycles. The molecule has 3 heterocycles. The van der Waals surface area contributed by atoms with E-state index in [-0.39, 0.29) is 36.0 Å². The molecule has 0 spiro atoms. The van der Waals surface area contributed by atoms with Crippen LogP contribution in [0.2, 0.25) is 0 Å². The quantitative estimate of drug-likeness (QED) is 0.196. The van der Waals surface area contributed by atoms with Gasteiger partial charge in [-0.15, -0.1) is 0 Å². The van der Waals surface area contributed by atoms with E-state index in [9.17, 15) is 19.2 Å². The second-order valence-corrected chi connectivity index (χ2v) is 15.0. The van der Waals surface area contributed by atoms with Gasteiger partial charge < -0.3 is 4.98 Å². The average molecular weight is 688 g/mol. The molecule has 5 aliphatic rings. The van der Waals surface area contributed by atoms with Crippen LogP contribution >= 0.6 is 0 Å². The summed E-state index contributed by atoms with van der Waals surface area (Å²) in [6.07, 6.45) is 8.11. The molecule has 3 aliphatic carbocycles. The van der Waals surface area contributed by atoms with E-state index in [1.807, 2.05) is 42.5 Å². The van der Waals surface area contributed by atoms with E-state index in [2.05, 4.69) is 69.5 Å². The lowest BCUT2D eigenvalue weighted by molar-refractivity contribution is -0.114. The summed E-state index contributed by atoms with van der Waals surface area (Å²) in [6, 6.07) is 28.9. The number of hydrogen-bond donors (Lipinski definition) is 1. The molecule has 2 fully saturated rings. The first-order valence-electron chi connectivity index (χ1n) is 18.6. The Kier molecular flexibility index (Phi) is 8.41. The Balaban J connectivity index is 0.000000138. The lowest BCUT2D eigenvalue weighted by Crippen LogP contribution is -2.22. The summed E-state index contributed by atoms with van der Waals surface area (Å²) in [6.45, 7) is 5.80. The molecule has 7 nitrogen and oxygen atoms in total. The third kappa shape index (κ3) is 5.88. The van der Waals surface area contributed by atoms with Gasteiger partial charge in [-0.3, -0.25) is 29.0 Å². The number of aromatic nitrogens is 1. The van der Waals surface area contributed by atoms with Crippen LogP contribution in [0.1, 0.15) is 84.3 Å². The number of H-pyrrole nitrogens is 1. The van der Waals surface area contributed by atoms with Gasteiger partial charge in [0, 0.05) is 67.2 Å². The van der Waals surface area contributed by atoms with Crippen LogP contribution in [-0.2, 0) is 35.4 Å². The van der Waals surface area contributed by atoms with Crippen molar-refractivity contribution in [1.29, 1.82) is 0 Å². The van der Waals surface area contributed by atoms with Gasteiger partial charge in [-0.25, -0.2) is 0 Å². The monoisotopic (exact) mass is 687 g/mol. The highest BCUT2D eigenvalue weighted by molar-refractivity contribution is 6.48. The van der Waals surface area contributed by atoms with Gasteiger partial charge in [0.15, 0.2) is 0 Å². The largest absolute Gasteiger partial charge is 0.361 e. The van der Waals surface area contributed by atoms with Gasteiger partial charge in [-0.2, -0.15) is 0 Å². The fraction of sp³-hybridized carbons (Fsp3) is 0.289. The van der Waals surface area contributed by atoms with Crippen LogP contribution in [0.15, 0.2) is 97.2 Å². The van der Waals surface area contributed by atoms with Crippen molar-refractivity contribution in [1.82, 2.24) is 14.8 Å². The van der Waals surface area contributed by atoms with Crippen LogP contribution in [-0.4, -0.2) is 70.6 Å². The molecule has 2 aliphatic heterocycles. The maximum absolute atomic E-state index is 12.3. The second kappa shape index (κ2) is 13.4. The number of carbonyl (C=O) groups is 4. The Morgan fingerprint density at radius 2 is 1.19 bits per heavy atom. The molecule has 260 valence electrons. The number of ketones is 4. The van der Waals surface area contributed by atoms with Crippen LogP contribution in [0.3, 0.4) is 0 Å². The van der Waals surface area contributed by atoms with E-state index in [4.69, 9.17) is 0 Å². The zero-order chi connectivity index (χ0) is 35.3. The molecule has 0 bridgehead atoms. The highest BCUT2D eigenvalue weighted by atomic mass is 16.2. The Morgan fingerprint density at radius 1 is 0.615 bits per heavy atom. The molecule has 0 radical (unpaired) electrons. The van der Waals surface area contributed by atoms with Gasteiger partial charge in [-0.1, -0.05) is 84.9 Å². The first-order chi connectivity index (χ1) is 25.4. The predicted molar refractivity (Wildman–Crippen MR) is 202 cm³/mol. The summed E-state index contributed by atoms with van der Waals surface area (Å²) >= 11 is 0. The number of Topliss-reactive ketones (excluding diaryl/α,β-unsaturated/α-hetero) is 4. The lowest BCUT2D eigenvalue weighted by atomic mass is 9.91. The van der Waals surface area contributed by atoms with Crippen molar-refractivity contribution in [2.24, 2.45) is 0 Å². The number of aromatic amines is 1. The van der Waals surface area contributed by atoms with Gasteiger partial charge in [-0.05, 0) is 94.8 Å². The lowest BCUT2D eigenvalue weighted by Gasteiger charge is -2.18. The number of fused-ring (bicyclic) bond motifs is 4. The summed E-state index contributed by atoms with van der Waals surface area (Å²) in [7, 11) is 0. The summed E-state index contributed by atoms with van der Waals surface area (Å²) in [4.78, 5) is 56.5. The number of nitrogens with one attached hydrogen (secondary N) is 1. The Bertz CT molecular complexity index is 2310. The Labute approximate surface area is 303 Å². The number of para-hydroxylation sites is 1. The van der Waals surface area contributed by atoms with Crippen LogP contribution in [0, 0.1) is 0 Å². The van der Waals surface area contributed by atoms with Crippen molar-refractivity contribution in [3.05, 3.63) is 147 Å². The van der Waals surface area contributed by atoms with Crippen LogP contribution in [0.5, 0.6) is 0 Å². The van der Waals surface area contributed by atoms with E-state index >= 15 is 0 Å². The predicted octanol–water partition coefficient (Wildman–Crippen LogP) is 6.89. The first kappa shape index (κ1) is 32.7. The topological polar surface area (TPSA) is 90.6 Å². The first-order valence-corrected chi connectivity index (χ1v) is 18.6. The van der Waals surface area contributed by atoms with Gasteiger partial charge in [0.2, 0.25) is 23.1 Å². The number of carbonyl (C=O) groups excluding carboxylic acids is 4. The molecule has 1 N–H and O–H groups in total. The molecular formula is C45H41N3O4. The van der Waals surface area contributed by atoms with Crippen molar-refractivity contribution in [3.8, 4) is 0 Å². The summed E-state index contributed by atoms with van der Waals surface area (Å²) in [5.74, 6) is -0.412. The number of likely N-dealkylation sites (tertiary alicyclic amines) is 2. The third-order valence-electron chi connectivity index (χ3n) is 11.8. The summed E-state index contributed by atoms with van der Waals surface area (Å²) in [5.41, 5.74) is 12.1. The Hall–Kier alpha value is -5.24. The van der Waals surface area contributed by atoms with Gasteiger partial charge >= 0.3 is 0 Å². The molecule has 5 aromatic rings. The van der Waals surface area contributed by atoms with Crippen LogP contribution < -0.4 is 0 Å². The molecular weight excluding hydrogens is 647 g/mol. The third-order valence-corrected chi connectivity index (χ3v) is 11.8. The fourth-order valence-electron chi connectivity index (χ4n) is 9.26. The van der Waals surface area contributed by atoms with Crippen molar-refractivity contribution in [3.63, 3.8) is 0 Å². The minimum absolute atomic E-state index is 0.255. The molecule has 1 aromatic heterocycles. The highest BCUT2D eigenvalue weighted by Crippen LogP contribution is 2.37. The van der Waals surface area contributed by atoms with Crippen LogP contribution in [0.4, 0.5) is 0 Å². The maximum atomic E-state index is 12.3. The standard InChI is InChI=1S/C23H21NO2.C22H20N2O2/c25-21-12-16-5-3-7-20(22(16)23(21)26)18-10-11-24(14-18)13-17-9-8-15-4-1-2-6-19(15)17;25-20-10-14-4-3-6-18(21(14)22(20)26)15-8-9-24(12-15)13-16-11-23-19-7-2-1-5-17(16)19/h1-7,9,18H,8,10-14H2;1-7,11,15,23H,8-10,12-13H2. The minimum Gasteiger partial charge on any atom is -0.361 e. The van der Waals surface area contributed by atoms with Crippen molar-refractivity contribution >= 4 is 39.6 Å². The van der Waals surface area contributed by atoms with Gasteiger partial charge in [0.05, 0.1) is 0 Å². The van der Waals surface area contributed by atoms with E-state index in [1.165, 1.54) is 33.2 Å². The number of rotatable bonds is 6. The van der Waals surface area contributed by atoms with E-state index in [0.717, 1.165) is 80.8 Å². The van der Waals surface area contributed by atoms with Gasteiger partial charge in [0.25, 0.3) is 0 Å². The molecule has 2 saturated heterocycles. The molecule has 2 unspecified atom stereocenters. The molecule has 2 atom stereocenters. The smallest absolute Gasteiger partial charge is 0.229 e. The van der Waals surface area contributed by atoms with E-state index in [1.54, 1.807) is 0 Å².